The fourth-order valence-electron chi connectivity index (χ4n) is 1.19. The molecule has 11 heavy (non-hydrogen) atoms. The molecular weight excluding hydrogens is 164 g/mol. The van der Waals surface area contributed by atoms with Gasteiger partial charge in [0.1, 0.15) is 5.78 Å². The topological polar surface area (TPSA) is 26.3 Å². The lowest BCUT2D eigenvalue weighted by Gasteiger charge is -2.41. The average molecular weight is 177 g/mol. The fourth-order valence-corrected chi connectivity index (χ4v) is 1.28. The lowest BCUT2D eigenvalue weighted by Crippen LogP contribution is -2.51. The Morgan fingerprint density at radius 2 is 2.36 bits per heavy atom. The van der Waals surface area contributed by atoms with Crippen LogP contribution in [0.15, 0.2) is 0 Å². The van der Waals surface area contributed by atoms with Crippen LogP contribution in [0.2, 0.25) is 0 Å². The summed E-state index contributed by atoms with van der Waals surface area (Å²) in [7, 11) is 0. The largest absolute Gasteiger partial charge is 0.376 e. The van der Waals surface area contributed by atoms with E-state index in [1.165, 1.54) is 0 Å². The van der Waals surface area contributed by atoms with Crippen LogP contribution in [-0.4, -0.2) is 24.4 Å². The van der Waals surface area contributed by atoms with E-state index in [-0.39, 0.29) is 17.3 Å². The van der Waals surface area contributed by atoms with E-state index in [1.807, 2.05) is 13.8 Å². The van der Waals surface area contributed by atoms with Gasteiger partial charge in [-0.2, -0.15) is 0 Å². The number of carbonyl (C=O) groups is 1. The first kappa shape index (κ1) is 9.01. The number of carbonyl (C=O) groups excluding carboxylic acids is 1. The molecule has 1 aliphatic rings. The maximum atomic E-state index is 11.0. The van der Waals surface area contributed by atoms with E-state index >= 15 is 0 Å². The summed E-state index contributed by atoms with van der Waals surface area (Å²) in [5, 5.41) is 0. The highest BCUT2D eigenvalue weighted by molar-refractivity contribution is 6.17. The average Bonchev–Trinajstić information content (AvgIpc) is 1.97. The number of halogens is 1. The molecular formula is C8H13ClO2. The molecule has 0 amide bonds. The van der Waals surface area contributed by atoms with Gasteiger partial charge in [-0.05, 0) is 0 Å². The van der Waals surface area contributed by atoms with E-state index in [1.54, 1.807) is 0 Å². The van der Waals surface area contributed by atoms with Crippen LogP contribution >= 0.6 is 11.6 Å². The Kier molecular flexibility index (Phi) is 2.55. The number of ether oxygens (including phenoxy) is 1. The van der Waals surface area contributed by atoms with Gasteiger partial charge in [-0.3, -0.25) is 4.79 Å². The zero-order valence-corrected chi connectivity index (χ0v) is 7.65. The maximum absolute atomic E-state index is 11.0. The van der Waals surface area contributed by atoms with Crippen molar-refractivity contribution in [3.05, 3.63) is 0 Å². The highest BCUT2D eigenvalue weighted by Crippen LogP contribution is 2.38. The van der Waals surface area contributed by atoms with Crippen LogP contribution in [0.4, 0.5) is 0 Å². The molecule has 0 aromatic heterocycles. The van der Waals surface area contributed by atoms with E-state index in [9.17, 15) is 4.79 Å². The number of alkyl halides is 1. The lowest BCUT2D eigenvalue weighted by atomic mass is 9.68. The minimum atomic E-state index is -0.272. The van der Waals surface area contributed by atoms with Crippen molar-refractivity contribution in [1.29, 1.82) is 0 Å². The first-order valence-corrected chi connectivity index (χ1v) is 4.33. The minimum absolute atomic E-state index is 0.0914. The van der Waals surface area contributed by atoms with Crippen molar-refractivity contribution < 1.29 is 9.53 Å². The molecule has 0 radical (unpaired) electrons. The normalized spacial score (nSPS) is 28.3. The van der Waals surface area contributed by atoms with Gasteiger partial charge in [-0.1, -0.05) is 13.8 Å². The monoisotopic (exact) mass is 176 g/mol. The van der Waals surface area contributed by atoms with Gasteiger partial charge in [0.15, 0.2) is 0 Å². The highest BCUT2D eigenvalue weighted by Gasteiger charge is 2.47. The fraction of sp³-hybridized carbons (Fsp3) is 0.875. The quantitative estimate of drug-likeness (QED) is 0.611. The second-order valence-corrected chi connectivity index (χ2v) is 3.78. The standard InChI is InChI=1S/C8H13ClO2/c1-8(2)6(10)5-7(8)11-4-3-9/h7H,3-5H2,1-2H3. The Labute approximate surface area is 71.9 Å². The Hall–Kier alpha value is -0.0800. The van der Waals surface area contributed by atoms with Crippen molar-refractivity contribution in [2.45, 2.75) is 26.4 Å². The molecule has 1 fully saturated rings. The highest BCUT2D eigenvalue weighted by atomic mass is 35.5. The summed E-state index contributed by atoms with van der Waals surface area (Å²) in [6, 6.07) is 0. The summed E-state index contributed by atoms with van der Waals surface area (Å²) in [5.74, 6) is 0.790. The Morgan fingerprint density at radius 1 is 1.73 bits per heavy atom. The first-order valence-electron chi connectivity index (χ1n) is 3.80. The van der Waals surface area contributed by atoms with E-state index in [2.05, 4.69) is 0 Å². The molecule has 1 atom stereocenters. The minimum Gasteiger partial charge on any atom is -0.376 e. The third-order valence-corrected chi connectivity index (χ3v) is 2.44. The van der Waals surface area contributed by atoms with Gasteiger partial charge in [0, 0.05) is 12.3 Å². The molecule has 0 aliphatic heterocycles. The summed E-state index contributed by atoms with van der Waals surface area (Å²) in [6.07, 6.45) is 0.651. The van der Waals surface area contributed by atoms with Crippen molar-refractivity contribution in [2.75, 3.05) is 12.5 Å². The second kappa shape index (κ2) is 3.11. The molecule has 0 aromatic rings. The Balaban J connectivity index is 2.34. The molecule has 64 valence electrons. The zero-order chi connectivity index (χ0) is 8.48. The van der Waals surface area contributed by atoms with Gasteiger partial charge in [0.05, 0.1) is 18.1 Å². The number of rotatable bonds is 3. The van der Waals surface area contributed by atoms with Crippen LogP contribution in [0.5, 0.6) is 0 Å². The molecule has 0 heterocycles. The number of Topliss-reactive ketones (excluding diaryl/α,β-unsaturated/α-hetero) is 1. The zero-order valence-electron chi connectivity index (χ0n) is 6.89. The van der Waals surface area contributed by atoms with E-state index < -0.39 is 0 Å². The SMILES string of the molecule is CC1(C)C(=O)CC1OCCCl. The molecule has 2 nitrogen and oxygen atoms in total. The van der Waals surface area contributed by atoms with E-state index in [4.69, 9.17) is 16.3 Å². The van der Waals surface area contributed by atoms with Crippen molar-refractivity contribution in [2.24, 2.45) is 5.41 Å². The Morgan fingerprint density at radius 3 is 2.73 bits per heavy atom. The molecule has 0 N–H and O–H groups in total. The smallest absolute Gasteiger partial charge is 0.143 e. The van der Waals surface area contributed by atoms with Gasteiger partial charge in [0.2, 0.25) is 0 Å². The third kappa shape index (κ3) is 1.57. The van der Waals surface area contributed by atoms with Crippen molar-refractivity contribution in [3.8, 4) is 0 Å². The summed E-state index contributed by atoms with van der Waals surface area (Å²) in [4.78, 5) is 11.0. The van der Waals surface area contributed by atoms with E-state index in [0.29, 0.717) is 18.9 Å². The predicted molar refractivity (Wildman–Crippen MR) is 43.9 cm³/mol. The molecule has 1 unspecified atom stereocenters. The first-order chi connectivity index (χ1) is 5.09. The lowest BCUT2D eigenvalue weighted by molar-refractivity contribution is -0.157. The van der Waals surface area contributed by atoms with Gasteiger partial charge >= 0.3 is 0 Å². The van der Waals surface area contributed by atoms with Crippen LogP contribution in [0.3, 0.4) is 0 Å². The van der Waals surface area contributed by atoms with Gasteiger partial charge in [0.25, 0.3) is 0 Å². The third-order valence-electron chi connectivity index (χ3n) is 2.29. The molecule has 0 bridgehead atoms. The molecule has 0 aromatic carbocycles. The maximum Gasteiger partial charge on any atom is 0.143 e. The van der Waals surface area contributed by atoms with Crippen LogP contribution < -0.4 is 0 Å². The molecule has 0 saturated heterocycles. The van der Waals surface area contributed by atoms with Gasteiger partial charge < -0.3 is 4.74 Å². The van der Waals surface area contributed by atoms with Crippen LogP contribution in [0, 0.1) is 5.41 Å². The molecule has 1 aliphatic carbocycles. The van der Waals surface area contributed by atoms with Crippen LogP contribution in [-0.2, 0) is 9.53 Å². The van der Waals surface area contributed by atoms with Gasteiger partial charge in [-0.15, -0.1) is 11.6 Å². The molecule has 3 heteroatoms. The summed E-state index contributed by atoms with van der Waals surface area (Å²) < 4.78 is 5.36. The van der Waals surface area contributed by atoms with Crippen LogP contribution in [0.1, 0.15) is 20.3 Å². The predicted octanol–water partition coefficient (Wildman–Crippen LogP) is 1.61. The van der Waals surface area contributed by atoms with Gasteiger partial charge in [-0.25, -0.2) is 0 Å². The summed E-state index contributed by atoms with van der Waals surface area (Å²) in [5.41, 5.74) is -0.272. The second-order valence-electron chi connectivity index (χ2n) is 3.40. The van der Waals surface area contributed by atoms with Crippen molar-refractivity contribution >= 4 is 17.4 Å². The summed E-state index contributed by atoms with van der Waals surface area (Å²) in [6.45, 7) is 4.37. The molecule has 0 spiro atoms. The number of hydrogen-bond donors (Lipinski definition) is 0. The van der Waals surface area contributed by atoms with Crippen LogP contribution in [0.25, 0.3) is 0 Å². The summed E-state index contributed by atoms with van der Waals surface area (Å²) >= 11 is 5.45. The Bertz CT molecular complexity index is 165. The van der Waals surface area contributed by atoms with Crippen molar-refractivity contribution in [3.63, 3.8) is 0 Å². The number of hydrogen-bond acceptors (Lipinski definition) is 2. The van der Waals surface area contributed by atoms with Crippen molar-refractivity contribution in [1.82, 2.24) is 0 Å². The van der Waals surface area contributed by atoms with E-state index in [0.717, 1.165) is 0 Å². The molecule has 1 saturated carbocycles. The number of ketones is 1. The molecule has 1 rings (SSSR count).